The smallest absolute Gasteiger partial charge is 0.317 e. The summed E-state index contributed by atoms with van der Waals surface area (Å²) in [7, 11) is 1.53. The molecule has 0 aliphatic carbocycles. The number of aliphatic hydroxyl groups excluding tert-OH is 1. The number of likely N-dealkylation sites (N-methyl/N-ethyl adjacent to an activating group) is 1. The number of carboxylic acid groups (broad SMARTS) is 3. The molecule has 3 aromatic heterocycles. The van der Waals surface area contributed by atoms with Gasteiger partial charge < -0.3 is 110 Å². The van der Waals surface area contributed by atoms with Gasteiger partial charge in [-0.1, -0.05) is 91.0 Å². The number of nitrogens with zero attached hydrogens (tertiary/aromatic N) is 6. The lowest BCUT2D eigenvalue weighted by Crippen LogP contribution is -2.61. The number of guanidine groups is 2. The Morgan fingerprint density at radius 3 is 1.37 bits per heavy atom. The Morgan fingerprint density at radius 1 is 0.476 bits per heavy atom. The second-order valence-electron chi connectivity index (χ2n) is 30.6. The van der Waals surface area contributed by atoms with Crippen molar-refractivity contribution in [1.29, 1.82) is 10.8 Å². The summed E-state index contributed by atoms with van der Waals surface area (Å²) >= 11 is 0. The molecule has 2 aliphatic heterocycles. The van der Waals surface area contributed by atoms with E-state index in [1.807, 2.05) is 0 Å². The van der Waals surface area contributed by atoms with Gasteiger partial charge >= 0.3 is 17.9 Å². The maximum Gasteiger partial charge on any atom is 0.317 e. The zero-order valence-electron chi connectivity index (χ0n) is 69.0. The number of likely N-dealkylation sites (tertiary alicyclic amines) is 1. The van der Waals surface area contributed by atoms with Crippen molar-refractivity contribution in [2.45, 2.75) is 113 Å². The molecule has 124 heavy (non-hydrogen) atoms. The van der Waals surface area contributed by atoms with Gasteiger partial charge in [0.05, 0.1) is 45.7 Å². The van der Waals surface area contributed by atoms with Crippen LogP contribution < -0.4 is 70.0 Å². The first-order valence-electron chi connectivity index (χ1n) is 41.0. The fourth-order valence-corrected chi connectivity index (χ4v) is 14.9. The molecule has 7 aromatic rings. The Kier molecular flexibility index (Phi) is 36.5. The van der Waals surface area contributed by atoms with Gasteiger partial charge in [-0.3, -0.25) is 92.7 Å². The average Bonchev–Trinajstić information content (AvgIpc) is 1.60. The maximum atomic E-state index is 15.7. The number of fused-ring (bicyclic) bond motifs is 2. The highest BCUT2D eigenvalue weighted by Gasteiger charge is 2.39. The van der Waals surface area contributed by atoms with Crippen LogP contribution in [0.3, 0.4) is 0 Å². The third kappa shape index (κ3) is 29.8. The summed E-state index contributed by atoms with van der Waals surface area (Å²) in [5, 5.41) is 87.1. The van der Waals surface area contributed by atoms with Crippen LogP contribution in [0.25, 0.3) is 21.8 Å². The number of nitrogens with one attached hydrogen (secondary N) is 16. The van der Waals surface area contributed by atoms with E-state index in [1.54, 1.807) is 140 Å². The third-order valence-electron chi connectivity index (χ3n) is 21.4. The third-order valence-corrected chi connectivity index (χ3v) is 21.4. The van der Waals surface area contributed by atoms with Crippen molar-refractivity contribution in [3.8, 4) is 0 Å². The number of carbonyl (C=O) groups excluding carboxylic acids is 10. The molecule has 0 bridgehead atoms. The zero-order chi connectivity index (χ0) is 89.2. The lowest BCUT2D eigenvalue weighted by atomic mass is 9.98. The second-order valence-corrected chi connectivity index (χ2v) is 30.6. The number of H-pyrrole nitrogens is 3. The summed E-state index contributed by atoms with van der Waals surface area (Å²) in [5.74, 6) is -11.6. The first-order chi connectivity index (χ1) is 59.6. The van der Waals surface area contributed by atoms with Crippen molar-refractivity contribution in [2.75, 3.05) is 125 Å². The molecule has 41 nitrogen and oxygen atoms in total. The number of aliphatic hydroxyl groups is 1. The van der Waals surface area contributed by atoms with Crippen LogP contribution in [0.2, 0.25) is 0 Å². The minimum Gasteiger partial charge on any atom is -0.480 e. The second kappa shape index (κ2) is 47.8. The summed E-state index contributed by atoms with van der Waals surface area (Å²) in [6.45, 7) is -0.982. The van der Waals surface area contributed by atoms with Gasteiger partial charge in [0.25, 0.3) is 0 Å². The molecule has 2 saturated heterocycles. The predicted octanol–water partition coefficient (Wildman–Crippen LogP) is -3.41. The summed E-state index contributed by atoms with van der Waals surface area (Å²) in [5.41, 5.74) is 15.2. The van der Waals surface area contributed by atoms with E-state index in [9.17, 15) is 63.6 Å². The molecule has 24 N–H and O–H groups in total. The van der Waals surface area contributed by atoms with Gasteiger partial charge in [0.15, 0.2) is 17.7 Å². The molecule has 8 atom stereocenters. The van der Waals surface area contributed by atoms with Crippen molar-refractivity contribution in [2.24, 2.45) is 11.5 Å². The summed E-state index contributed by atoms with van der Waals surface area (Å²) < 4.78 is 0. The van der Waals surface area contributed by atoms with E-state index >= 15 is 19.2 Å². The molecule has 41 heteroatoms. The van der Waals surface area contributed by atoms with Crippen molar-refractivity contribution >= 4 is 111 Å². The van der Waals surface area contributed by atoms with Crippen LogP contribution >= 0.6 is 0 Å². The lowest BCUT2D eigenvalue weighted by molar-refractivity contribution is -0.140. The van der Waals surface area contributed by atoms with E-state index in [4.69, 9.17) is 22.3 Å². The number of hydrogen-bond acceptors (Lipinski definition) is 22. The molecule has 0 unspecified atom stereocenters. The standard InChI is InChI=1S/C83H112N24O17/c1-88-44-69(109)96-62(19-9-25-90-82(84)85)75(118)98-65(38-55-41-93-61-18-8-6-16-59(55)61)78(121)102-68(49-108)80(123)100-66(39-56-42-89-50-95-56)79(122)97-63(20-10-26-91-83(86)87)76(119)99-64(37-54-40-92-60-17-7-5-15-58(54)60)77(120)101-67(36-51-21-23-53(24-22-51)74(117)52-12-3-2-4-13-52)81(124)107-27-11-14-57(107)43-94-70(110)45-103-28-30-104(46-71(111)112)32-34-106(48-73(115)116)35-33-105(31-29-103)47-72(113)114/h2-8,12-13,15-18,21-24,40-42,50,57,62-68,88,92-93,108H,9-11,14,19-20,25-39,43-49H2,1H3,(H,89,95)(H,94,110)(H,96,109)(H,97,122)(H,98,118)(H,99,119)(H,100,123)(H,101,120)(H,102,121)(H,111,112)(H,113,114)(H,115,116)(H4,84,85,90)(H4,86,87,91)/t57-,62-,63+,64-,65-,66-,67-,68-/m0/s1. The highest BCUT2D eigenvalue weighted by Crippen LogP contribution is 2.24. The molecule has 9 amide bonds. The quantitative estimate of drug-likeness (QED) is 0.00765. The number of rotatable bonds is 45. The predicted molar refractivity (Wildman–Crippen MR) is 456 cm³/mol. The summed E-state index contributed by atoms with van der Waals surface area (Å²) in [6.07, 6.45) is 6.02. The lowest BCUT2D eigenvalue weighted by Gasteiger charge is -2.33. The van der Waals surface area contributed by atoms with Gasteiger partial charge in [-0.2, -0.15) is 0 Å². The number of aliphatic carboxylic acids is 3. The molecule has 2 aliphatic rings. The molecular weight excluding hydrogens is 1610 g/mol. The van der Waals surface area contributed by atoms with Gasteiger partial charge in [-0.15, -0.1) is 0 Å². The number of imidazole rings is 1. The number of amides is 9. The normalized spacial score (nSPS) is 16.1. The number of aromatic amines is 3. The molecular formula is C83H112N24O17. The van der Waals surface area contributed by atoms with Crippen LogP contribution in [0.5, 0.6) is 0 Å². The van der Waals surface area contributed by atoms with Gasteiger partial charge in [-0.25, -0.2) is 4.98 Å². The van der Waals surface area contributed by atoms with Gasteiger partial charge in [0.1, 0.15) is 42.3 Å². The van der Waals surface area contributed by atoms with Crippen molar-refractivity contribution in [3.63, 3.8) is 0 Å². The molecule has 0 radical (unpaired) electrons. The molecule has 0 saturated carbocycles. The Hall–Kier alpha value is -13.2. The molecule has 9 rings (SSSR count). The van der Waals surface area contributed by atoms with E-state index in [-0.39, 0.29) is 174 Å². The van der Waals surface area contributed by atoms with Crippen LogP contribution in [0, 0.1) is 10.8 Å². The highest BCUT2D eigenvalue weighted by molar-refractivity contribution is 6.09. The molecule has 4 aromatic carbocycles. The maximum absolute atomic E-state index is 15.7. The van der Waals surface area contributed by atoms with Crippen molar-refractivity contribution in [3.05, 3.63) is 162 Å². The fraction of sp³-hybridized carbons (Fsp3) is 0.446. The van der Waals surface area contributed by atoms with Crippen molar-refractivity contribution < 1.29 is 82.8 Å². The van der Waals surface area contributed by atoms with E-state index in [2.05, 4.69) is 78.4 Å². The highest BCUT2D eigenvalue weighted by atomic mass is 16.4. The van der Waals surface area contributed by atoms with Crippen LogP contribution in [0.1, 0.15) is 76.8 Å². The number of carboxylic acids is 3. The van der Waals surface area contributed by atoms with E-state index in [0.717, 1.165) is 0 Å². The number of ketones is 1. The zero-order valence-corrected chi connectivity index (χ0v) is 69.0. The number of hydrogen-bond donors (Lipinski definition) is 22. The largest absolute Gasteiger partial charge is 0.480 e. The van der Waals surface area contributed by atoms with Gasteiger partial charge in [-0.05, 0) is 74.4 Å². The minimum absolute atomic E-state index is 0.000345. The van der Waals surface area contributed by atoms with Crippen LogP contribution in [-0.2, 0) is 83.2 Å². The Balaban J connectivity index is 0.973. The monoisotopic (exact) mass is 1720 g/mol. The van der Waals surface area contributed by atoms with Gasteiger partial charge in [0, 0.05) is 167 Å². The van der Waals surface area contributed by atoms with Gasteiger partial charge in [0.2, 0.25) is 53.2 Å². The average molecular weight is 1720 g/mol. The number of aromatic nitrogens is 4. The topological polar surface area (TPSA) is 611 Å². The molecule has 666 valence electrons. The van der Waals surface area contributed by atoms with E-state index in [0.29, 0.717) is 68.2 Å². The number of benzene rings is 4. The van der Waals surface area contributed by atoms with E-state index in [1.165, 1.54) is 19.6 Å². The first kappa shape index (κ1) is 94.6. The molecule has 0 spiro atoms. The van der Waals surface area contributed by atoms with Crippen LogP contribution in [0.15, 0.2) is 128 Å². The Morgan fingerprint density at radius 2 is 0.903 bits per heavy atom. The molecule has 5 heterocycles. The van der Waals surface area contributed by atoms with Crippen molar-refractivity contribution in [1.82, 2.24) is 103 Å². The Bertz CT molecular complexity index is 4780. The summed E-state index contributed by atoms with van der Waals surface area (Å²) in [6, 6.07) is 18.1. The summed E-state index contributed by atoms with van der Waals surface area (Å²) in [4.78, 5) is 204. The SMILES string of the molecule is CNCC(=O)N[C@@H](CCCNC(=N)N)C(=O)N[C@@H](Cc1c[nH]c2ccccc12)C(=O)N[C@@H](CO)C(=O)N[C@@H](Cc1cnc[nH]1)C(=O)N[C@H](CCCNC(=N)N)C(=O)N[C@@H](Cc1c[nH]c2ccccc12)C(=O)N[C@@H](Cc1ccc(C(=O)c2ccccc2)cc1)C(=O)N1CCC[C@H]1CNC(=O)CN1CCN(CC(=O)O)CCN(CC(=O)O)CCN(CC(=O)O)CC1. The van der Waals surface area contributed by atoms with Crippen LogP contribution in [0.4, 0.5) is 0 Å². The number of nitrogens with two attached hydrogens (primary N) is 2. The first-order valence-corrected chi connectivity index (χ1v) is 41.0. The number of carbonyl (C=O) groups is 13. The Labute approximate surface area is 714 Å². The molecule has 2 fully saturated rings. The minimum atomic E-state index is -1.82. The van der Waals surface area contributed by atoms with E-state index < -0.39 is 132 Å². The number of para-hydroxylation sites is 2. The fourth-order valence-electron chi connectivity index (χ4n) is 14.9. The van der Waals surface area contributed by atoms with Crippen LogP contribution in [-0.4, -0.2) is 327 Å².